The smallest absolute Gasteiger partial charge is 0.159 e. The molecular weight excluding hydrogens is 456 g/mol. The van der Waals surface area contributed by atoms with Crippen molar-refractivity contribution < 1.29 is 29.9 Å². The summed E-state index contributed by atoms with van der Waals surface area (Å²) < 4.78 is 11.4. The topological polar surface area (TPSA) is 148 Å². The molecule has 0 aromatic heterocycles. The Morgan fingerprint density at radius 2 is 1.22 bits per heavy atom. The largest absolute Gasteiger partial charge is 0.391 e. The van der Waals surface area contributed by atoms with Crippen molar-refractivity contribution in [3.8, 4) is 0 Å². The van der Waals surface area contributed by atoms with Gasteiger partial charge in [0.2, 0.25) is 0 Å². The van der Waals surface area contributed by atoms with Crippen molar-refractivity contribution in [2.45, 2.75) is 100 Å². The first-order chi connectivity index (χ1) is 15.2. The number of aliphatic hydroxyl groups is 4. The molecule has 4 heterocycles. The fourth-order valence-corrected chi connectivity index (χ4v) is 6.43. The van der Waals surface area contributed by atoms with Gasteiger partial charge in [-0.25, -0.2) is 0 Å². The molecule has 0 unspecified atom stereocenters. The highest BCUT2D eigenvalue weighted by Crippen LogP contribution is 2.35. The number of nitrogens with zero attached hydrogens (tertiary/aromatic N) is 2. The second-order valence-electron chi connectivity index (χ2n) is 8.32. The molecule has 10 nitrogen and oxygen atoms in total. The van der Waals surface area contributed by atoms with E-state index in [9.17, 15) is 20.4 Å². The van der Waals surface area contributed by atoms with Gasteiger partial charge in [0, 0.05) is 13.1 Å². The third-order valence-electron chi connectivity index (χ3n) is 5.62. The lowest BCUT2D eigenvalue weighted by Crippen LogP contribution is -2.51. The minimum atomic E-state index is -0.649. The Morgan fingerprint density at radius 3 is 1.53 bits per heavy atom. The lowest BCUT2D eigenvalue weighted by atomic mass is 9.98. The lowest BCUT2D eigenvalue weighted by Gasteiger charge is -2.36. The minimum absolute atomic E-state index is 0.0479. The molecule has 4 rings (SSSR count). The van der Waals surface area contributed by atoms with Crippen LogP contribution in [0.1, 0.15) is 40.5 Å². The molecule has 32 heavy (non-hydrogen) atoms. The number of fused-ring (bicyclic) bond motifs is 2. The summed E-state index contributed by atoms with van der Waals surface area (Å²) in [5.41, 5.74) is -0.0957. The van der Waals surface area contributed by atoms with Crippen LogP contribution >= 0.6 is 23.5 Å². The Morgan fingerprint density at radius 1 is 0.844 bits per heavy atom. The van der Waals surface area contributed by atoms with Crippen LogP contribution < -0.4 is 10.6 Å². The molecule has 0 aromatic rings. The van der Waals surface area contributed by atoms with E-state index in [2.05, 4.69) is 20.6 Å². The van der Waals surface area contributed by atoms with Crippen LogP contribution in [0.5, 0.6) is 0 Å². The molecule has 0 spiro atoms. The Bertz CT molecular complexity index is 626. The number of rotatable bonds is 4. The maximum atomic E-state index is 9.83. The number of thioether (sulfide) groups is 2. The van der Waals surface area contributed by atoms with E-state index in [4.69, 9.17) is 9.47 Å². The highest BCUT2D eigenvalue weighted by molar-refractivity contribution is 8.14. The van der Waals surface area contributed by atoms with Crippen molar-refractivity contribution in [1.82, 2.24) is 10.6 Å². The average molecular weight is 493 g/mol. The number of nitrogens with one attached hydrogen (secondary N) is 2. The van der Waals surface area contributed by atoms with E-state index in [-0.39, 0.29) is 23.0 Å². The van der Waals surface area contributed by atoms with Gasteiger partial charge >= 0.3 is 0 Å². The molecule has 0 amide bonds. The number of hydrogen-bond donors (Lipinski definition) is 6. The summed E-state index contributed by atoms with van der Waals surface area (Å²) in [6.45, 7) is 8.70. The number of ether oxygens (including phenoxy) is 2. The Balaban J connectivity index is 0.000000181. The minimum Gasteiger partial charge on any atom is -0.391 e. The van der Waals surface area contributed by atoms with Crippen LogP contribution in [0.25, 0.3) is 0 Å². The van der Waals surface area contributed by atoms with E-state index < -0.39 is 36.6 Å². The molecule has 10 atom stereocenters. The van der Waals surface area contributed by atoms with Gasteiger partial charge in [0.15, 0.2) is 10.3 Å². The summed E-state index contributed by atoms with van der Waals surface area (Å²) >= 11 is 3.07. The maximum Gasteiger partial charge on any atom is 0.159 e. The average Bonchev–Trinajstić information content (AvgIpc) is 3.29. The van der Waals surface area contributed by atoms with Gasteiger partial charge in [-0.05, 0) is 40.5 Å². The van der Waals surface area contributed by atoms with Gasteiger partial charge in [0.25, 0.3) is 0 Å². The third kappa shape index (κ3) is 6.29. The van der Waals surface area contributed by atoms with E-state index in [1.165, 1.54) is 23.5 Å². The summed E-state index contributed by atoms with van der Waals surface area (Å²) in [6, 6.07) is 0.195. The quantitative estimate of drug-likeness (QED) is 0.313. The molecule has 0 radical (unpaired) electrons. The highest BCUT2D eigenvalue weighted by atomic mass is 32.2. The van der Waals surface area contributed by atoms with Crippen molar-refractivity contribution in [3.63, 3.8) is 0 Å². The first-order valence-corrected chi connectivity index (χ1v) is 13.0. The van der Waals surface area contributed by atoms with E-state index in [1.54, 1.807) is 13.8 Å². The number of amidine groups is 2. The molecule has 0 aromatic carbocycles. The number of hydrogen-bond acceptors (Lipinski definition) is 10. The van der Waals surface area contributed by atoms with Crippen molar-refractivity contribution >= 4 is 33.9 Å². The zero-order valence-corrected chi connectivity index (χ0v) is 20.6. The third-order valence-corrected chi connectivity index (χ3v) is 7.90. The van der Waals surface area contributed by atoms with E-state index in [1.807, 2.05) is 13.8 Å². The fourth-order valence-electron chi connectivity index (χ4n) is 4.09. The zero-order valence-electron chi connectivity index (χ0n) is 18.9. The second-order valence-corrected chi connectivity index (χ2v) is 10.5. The predicted octanol–water partition coefficient (Wildman–Crippen LogP) is -0.152. The number of aliphatic hydroxyl groups excluding tert-OH is 4. The Kier molecular flexibility index (Phi) is 9.51. The van der Waals surface area contributed by atoms with Gasteiger partial charge in [-0.2, -0.15) is 0 Å². The molecular formula is C20H36N4O6S2. The molecule has 12 heteroatoms. The standard InChI is InChI=1S/2C10H18N2O3S/c2*1-3-11-10-12-6-4-7(14)8(5(2)13)15-9(6)16-10/h2*5-9,13-14H,3-4H2,1-2H3,(H,11,12)/t5-,6+,7-,8+,9+;5-,6-,7+,8-,9-/m01/s1. The summed E-state index contributed by atoms with van der Waals surface area (Å²) in [6.07, 6.45) is -2.32. The van der Waals surface area contributed by atoms with Gasteiger partial charge in [0.05, 0.1) is 36.5 Å². The molecule has 4 fully saturated rings. The second kappa shape index (κ2) is 11.7. The Labute approximate surface area is 197 Å². The van der Waals surface area contributed by atoms with Crippen LogP contribution in [0.3, 0.4) is 0 Å². The highest BCUT2D eigenvalue weighted by Gasteiger charge is 2.45. The van der Waals surface area contributed by atoms with Crippen LogP contribution in [0, 0.1) is 0 Å². The molecule has 4 aliphatic heterocycles. The summed E-state index contributed by atoms with van der Waals surface area (Å²) in [5.74, 6) is 0. The van der Waals surface area contributed by atoms with Crippen molar-refractivity contribution in [3.05, 3.63) is 0 Å². The van der Waals surface area contributed by atoms with Crippen molar-refractivity contribution in [1.29, 1.82) is 0 Å². The zero-order chi connectivity index (χ0) is 23.4. The molecule has 0 saturated carbocycles. The van der Waals surface area contributed by atoms with Gasteiger partial charge in [-0.1, -0.05) is 23.5 Å². The SMILES string of the molecule is CCN=C1N[C@@H]2C[C@H](O)[C@@H]([C@@H](C)O)O[C@@H]2S1.CCN=C1N[C@@H]2C[C@H](O)[C@@H]([C@H](C)O)O[C@@H]2S1. The number of aliphatic imine (C=N–C) groups is 2. The normalized spacial score (nSPS) is 42.9. The summed E-state index contributed by atoms with van der Waals surface area (Å²) in [7, 11) is 0. The first-order valence-electron chi connectivity index (χ1n) is 11.2. The van der Waals surface area contributed by atoms with Gasteiger partial charge in [-0.3, -0.25) is 9.98 Å². The van der Waals surface area contributed by atoms with Crippen LogP contribution in [0.4, 0.5) is 0 Å². The molecule has 0 bridgehead atoms. The van der Waals surface area contributed by atoms with Crippen LogP contribution in [-0.2, 0) is 9.47 Å². The van der Waals surface area contributed by atoms with E-state index in [0.717, 1.165) is 23.4 Å². The first kappa shape index (κ1) is 26.0. The predicted molar refractivity (Wildman–Crippen MR) is 127 cm³/mol. The molecule has 4 saturated heterocycles. The summed E-state index contributed by atoms with van der Waals surface area (Å²) in [5, 5.41) is 46.8. The van der Waals surface area contributed by atoms with Gasteiger partial charge in [0.1, 0.15) is 23.1 Å². The Hall–Kier alpha value is -0.600. The molecule has 6 N–H and O–H groups in total. The molecule has 4 aliphatic rings. The van der Waals surface area contributed by atoms with Gasteiger partial charge in [-0.15, -0.1) is 0 Å². The van der Waals surface area contributed by atoms with E-state index in [0.29, 0.717) is 12.8 Å². The molecule has 184 valence electrons. The maximum absolute atomic E-state index is 9.83. The van der Waals surface area contributed by atoms with Crippen LogP contribution in [0.2, 0.25) is 0 Å². The van der Waals surface area contributed by atoms with Crippen LogP contribution in [0.15, 0.2) is 9.98 Å². The summed E-state index contributed by atoms with van der Waals surface area (Å²) in [4.78, 5) is 8.57. The van der Waals surface area contributed by atoms with Crippen molar-refractivity contribution in [2.75, 3.05) is 13.1 Å². The van der Waals surface area contributed by atoms with E-state index >= 15 is 0 Å². The molecule has 0 aliphatic carbocycles. The van der Waals surface area contributed by atoms with Crippen molar-refractivity contribution in [2.24, 2.45) is 9.98 Å². The lowest BCUT2D eigenvalue weighted by molar-refractivity contribution is -0.138. The fraction of sp³-hybridized carbons (Fsp3) is 0.900. The monoisotopic (exact) mass is 492 g/mol. The van der Waals surface area contributed by atoms with Gasteiger partial charge < -0.3 is 40.5 Å². The van der Waals surface area contributed by atoms with Crippen LogP contribution in [-0.4, -0.2) is 103 Å².